The second-order valence-electron chi connectivity index (χ2n) is 2.72. The maximum Gasteiger partial charge on any atom is 0.161 e. The van der Waals surface area contributed by atoms with Crippen molar-refractivity contribution in [3.8, 4) is 0 Å². The van der Waals surface area contributed by atoms with Crippen LogP contribution in [0.2, 0.25) is 0 Å². The minimum Gasteiger partial charge on any atom is -0.313 e. The van der Waals surface area contributed by atoms with Gasteiger partial charge in [-0.2, -0.15) is 0 Å². The van der Waals surface area contributed by atoms with Crippen LogP contribution in [-0.4, -0.2) is 21.6 Å². The first-order chi connectivity index (χ1) is 6.31. The molecule has 0 unspecified atom stereocenters. The van der Waals surface area contributed by atoms with Crippen molar-refractivity contribution in [2.45, 2.75) is 6.54 Å². The molecule has 13 heavy (non-hydrogen) atoms. The predicted molar refractivity (Wildman–Crippen MR) is 53.5 cm³/mol. The first-order valence-electron chi connectivity index (χ1n) is 3.95. The predicted octanol–water partition coefficient (Wildman–Crippen LogP) is 1.21. The van der Waals surface area contributed by atoms with E-state index in [1.807, 2.05) is 29.8 Å². The van der Waals surface area contributed by atoms with Crippen LogP contribution in [0.3, 0.4) is 0 Å². The standard InChI is InChI=1S/C8H9BrN4/c1-10-5-8-12-11-7-4-6(9)2-3-13(7)8/h2-4,10H,5H2,1H3. The Labute approximate surface area is 84.1 Å². The van der Waals surface area contributed by atoms with Gasteiger partial charge in [0.05, 0.1) is 6.54 Å². The van der Waals surface area contributed by atoms with Crippen LogP contribution in [-0.2, 0) is 6.54 Å². The van der Waals surface area contributed by atoms with E-state index < -0.39 is 0 Å². The molecule has 0 aliphatic carbocycles. The van der Waals surface area contributed by atoms with E-state index >= 15 is 0 Å². The average Bonchev–Trinajstić information content (AvgIpc) is 2.49. The van der Waals surface area contributed by atoms with Gasteiger partial charge in [-0.1, -0.05) is 15.9 Å². The highest BCUT2D eigenvalue weighted by atomic mass is 79.9. The van der Waals surface area contributed by atoms with Crippen molar-refractivity contribution in [1.29, 1.82) is 0 Å². The average molecular weight is 241 g/mol. The summed E-state index contributed by atoms with van der Waals surface area (Å²) >= 11 is 3.38. The molecule has 0 bridgehead atoms. The number of nitrogens with zero attached hydrogens (tertiary/aromatic N) is 3. The molecule has 0 aliphatic rings. The van der Waals surface area contributed by atoms with Gasteiger partial charge in [0.1, 0.15) is 0 Å². The van der Waals surface area contributed by atoms with Gasteiger partial charge in [0.15, 0.2) is 11.5 Å². The summed E-state index contributed by atoms with van der Waals surface area (Å²) in [5.41, 5.74) is 0.861. The Balaban J connectivity index is 2.55. The summed E-state index contributed by atoms with van der Waals surface area (Å²) in [6, 6.07) is 3.90. The molecular formula is C8H9BrN4. The number of rotatable bonds is 2. The SMILES string of the molecule is CNCc1nnc2cc(Br)ccn12. The largest absolute Gasteiger partial charge is 0.313 e. The molecule has 68 valence electrons. The molecule has 0 fully saturated rings. The Bertz CT molecular complexity index is 423. The molecule has 4 nitrogen and oxygen atoms in total. The molecule has 0 radical (unpaired) electrons. The van der Waals surface area contributed by atoms with E-state index in [-0.39, 0.29) is 0 Å². The van der Waals surface area contributed by atoms with Gasteiger partial charge in [-0.3, -0.25) is 4.40 Å². The van der Waals surface area contributed by atoms with Crippen molar-refractivity contribution in [3.63, 3.8) is 0 Å². The smallest absolute Gasteiger partial charge is 0.161 e. The monoisotopic (exact) mass is 240 g/mol. The van der Waals surface area contributed by atoms with Crippen LogP contribution in [0.25, 0.3) is 5.65 Å². The minimum atomic E-state index is 0.725. The third kappa shape index (κ3) is 1.57. The molecule has 0 atom stereocenters. The highest BCUT2D eigenvalue weighted by Crippen LogP contribution is 2.12. The van der Waals surface area contributed by atoms with E-state index in [0.29, 0.717) is 0 Å². The summed E-state index contributed by atoms with van der Waals surface area (Å²) in [5, 5.41) is 11.1. The molecule has 0 saturated heterocycles. The van der Waals surface area contributed by atoms with Crippen LogP contribution < -0.4 is 5.32 Å². The molecule has 2 aromatic heterocycles. The zero-order valence-corrected chi connectivity index (χ0v) is 8.74. The maximum atomic E-state index is 4.06. The molecule has 1 N–H and O–H groups in total. The second kappa shape index (κ2) is 3.43. The molecule has 2 rings (SSSR count). The van der Waals surface area contributed by atoms with Gasteiger partial charge in [0.2, 0.25) is 0 Å². The summed E-state index contributed by atoms with van der Waals surface area (Å²) in [6.45, 7) is 0.725. The van der Waals surface area contributed by atoms with E-state index in [4.69, 9.17) is 0 Å². The molecule has 0 amide bonds. The lowest BCUT2D eigenvalue weighted by Crippen LogP contribution is -2.08. The van der Waals surface area contributed by atoms with E-state index in [1.165, 1.54) is 0 Å². The number of fused-ring (bicyclic) bond motifs is 1. The van der Waals surface area contributed by atoms with Crippen LogP contribution in [0.1, 0.15) is 5.82 Å². The first kappa shape index (κ1) is 8.65. The van der Waals surface area contributed by atoms with Crippen molar-refractivity contribution in [2.75, 3.05) is 7.05 Å². The summed E-state index contributed by atoms with van der Waals surface area (Å²) in [7, 11) is 1.89. The minimum absolute atomic E-state index is 0.725. The van der Waals surface area contributed by atoms with Crippen LogP contribution in [0, 0.1) is 0 Å². The summed E-state index contributed by atoms with van der Waals surface area (Å²) in [4.78, 5) is 0. The van der Waals surface area contributed by atoms with Gasteiger partial charge in [0, 0.05) is 10.7 Å². The van der Waals surface area contributed by atoms with Gasteiger partial charge in [-0.25, -0.2) is 0 Å². The van der Waals surface area contributed by atoms with E-state index in [9.17, 15) is 0 Å². The van der Waals surface area contributed by atoms with Gasteiger partial charge in [0.25, 0.3) is 0 Å². The fourth-order valence-corrected chi connectivity index (χ4v) is 1.52. The topological polar surface area (TPSA) is 42.2 Å². The quantitative estimate of drug-likeness (QED) is 0.859. The van der Waals surface area contributed by atoms with Crippen LogP contribution in [0.15, 0.2) is 22.8 Å². The van der Waals surface area contributed by atoms with E-state index in [2.05, 4.69) is 31.4 Å². The number of hydrogen-bond acceptors (Lipinski definition) is 3. The Morgan fingerprint density at radius 3 is 3.15 bits per heavy atom. The zero-order valence-electron chi connectivity index (χ0n) is 7.16. The lowest BCUT2D eigenvalue weighted by Gasteiger charge is -1.97. The number of pyridine rings is 1. The Kier molecular flexibility index (Phi) is 2.28. The Morgan fingerprint density at radius 1 is 1.54 bits per heavy atom. The molecule has 5 heteroatoms. The van der Waals surface area contributed by atoms with E-state index in [1.54, 1.807) is 0 Å². The molecular weight excluding hydrogens is 232 g/mol. The fourth-order valence-electron chi connectivity index (χ4n) is 1.19. The molecule has 0 saturated carbocycles. The lowest BCUT2D eigenvalue weighted by molar-refractivity contribution is 0.747. The molecule has 0 aromatic carbocycles. The van der Waals surface area contributed by atoms with Gasteiger partial charge in [-0.15, -0.1) is 10.2 Å². The maximum absolute atomic E-state index is 4.06. The van der Waals surface area contributed by atoms with Gasteiger partial charge in [-0.05, 0) is 19.2 Å². The normalized spacial score (nSPS) is 10.9. The highest BCUT2D eigenvalue weighted by molar-refractivity contribution is 9.10. The number of nitrogens with one attached hydrogen (secondary N) is 1. The van der Waals surface area contributed by atoms with Crippen molar-refractivity contribution < 1.29 is 0 Å². The van der Waals surface area contributed by atoms with Crippen molar-refractivity contribution in [3.05, 3.63) is 28.6 Å². The van der Waals surface area contributed by atoms with Crippen molar-refractivity contribution >= 4 is 21.6 Å². The lowest BCUT2D eigenvalue weighted by atomic mass is 10.4. The van der Waals surface area contributed by atoms with Crippen LogP contribution in [0.4, 0.5) is 0 Å². The molecule has 2 heterocycles. The van der Waals surface area contributed by atoms with Crippen LogP contribution >= 0.6 is 15.9 Å². The van der Waals surface area contributed by atoms with Crippen molar-refractivity contribution in [2.24, 2.45) is 0 Å². The molecule has 0 spiro atoms. The Hall–Kier alpha value is -0.940. The fraction of sp³-hybridized carbons (Fsp3) is 0.250. The summed E-state index contributed by atoms with van der Waals surface area (Å²) in [6.07, 6.45) is 1.95. The van der Waals surface area contributed by atoms with Gasteiger partial charge >= 0.3 is 0 Å². The van der Waals surface area contributed by atoms with Gasteiger partial charge < -0.3 is 5.32 Å². The van der Waals surface area contributed by atoms with E-state index in [0.717, 1.165) is 22.5 Å². The summed E-state index contributed by atoms with van der Waals surface area (Å²) < 4.78 is 2.98. The highest BCUT2D eigenvalue weighted by Gasteiger charge is 2.03. The zero-order chi connectivity index (χ0) is 9.26. The number of halogens is 1. The van der Waals surface area contributed by atoms with Crippen molar-refractivity contribution in [1.82, 2.24) is 19.9 Å². The van der Waals surface area contributed by atoms with Crippen LogP contribution in [0.5, 0.6) is 0 Å². The second-order valence-corrected chi connectivity index (χ2v) is 3.64. The number of aromatic nitrogens is 3. The third-order valence-corrected chi connectivity index (χ3v) is 2.27. The third-order valence-electron chi connectivity index (χ3n) is 1.78. The molecule has 0 aliphatic heterocycles. The number of hydrogen-bond donors (Lipinski definition) is 1. The first-order valence-corrected chi connectivity index (χ1v) is 4.74. The molecule has 2 aromatic rings. The Morgan fingerprint density at radius 2 is 2.38 bits per heavy atom. The summed E-state index contributed by atoms with van der Waals surface area (Å²) in [5.74, 6) is 0.921.